The van der Waals surface area contributed by atoms with Crippen molar-refractivity contribution < 1.29 is 22.7 Å². The summed E-state index contributed by atoms with van der Waals surface area (Å²) in [6.07, 6.45) is 0.0246. The van der Waals surface area contributed by atoms with E-state index in [0.717, 1.165) is 4.31 Å². The van der Waals surface area contributed by atoms with Crippen LogP contribution in [0.1, 0.15) is 6.42 Å². The van der Waals surface area contributed by atoms with Crippen LogP contribution in [0, 0.1) is 0 Å². The fourth-order valence-corrected chi connectivity index (χ4v) is 3.48. The van der Waals surface area contributed by atoms with Crippen LogP contribution in [0.2, 0.25) is 0 Å². The second-order valence-corrected chi connectivity index (χ2v) is 5.99. The van der Waals surface area contributed by atoms with Gasteiger partial charge >= 0.3 is 0 Å². The third-order valence-corrected chi connectivity index (χ3v) is 4.53. The largest absolute Gasteiger partial charge is 0.486 e. The van der Waals surface area contributed by atoms with Gasteiger partial charge in [-0.05, 0) is 12.1 Å². The quantitative estimate of drug-likeness (QED) is 0.743. The number of rotatable bonds is 1. The van der Waals surface area contributed by atoms with Gasteiger partial charge in [-0.1, -0.05) is 0 Å². The molecule has 0 bridgehead atoms. The molecule has 0 radical (unpaired) electrons. The first kappa shape index (κ1) is 11.3. The maximum Gasteiger partial charge on any atom is 0.242 e. The van der Waals surface area contributed by atoms with E-state index in [1.54, 1.807) is 12.1 Å². The van der Waals surface area contributed by atoms with Gasteiger partial charge in [0.1, 0.15) is 13.2 Å². The third-order valence-electron chi connectivity index (χ3n) is 2.84. The lowest BCUT2D eigenvalue weighted by Crippen LogP contribution is -2.29. The van der Waals surface area contributed by atoms with Gasteiger partial charge in [0.2, 0.25) is 15.9 Å². The van der Waals surface area contributed by atoms with E-state index >= 15 is 0 Å². The van der Waals surface area contributed by atoms with Crippen molar-refractivity contribution in [1.29, 1.82) is 0 Å². The second kappa shape index (κ2) is 3.88. The van der Waals surface area contributed by atoms with Gasteiger partial charge in [-0.2, -0.15) is 0 Å². The number of fused-ring (bicyclic) bond motifs is 1. The van der Waals surface area contributed by atoms with E-state index in [9.17, 15) is 13.2 Å². The van der Waals surface area contributed by atoms with Gasteiger partial charge in [0.05, 0.1) is 11.4 Å². The average molecular weight is 269 g/mol. The highest BCUT2D eigenvalue weighted by Gasteiger charge is 2.36. The molecule has 0 aliphatic carbocycles. The molecule has 0 saturated carbocycles. The van der Waals surface area contributed by atoms with Crippen LogP contribution in [-0.2, 0) is 14.8 Å². The number of carbonyl (C=O) groups excluding carboxylic acids is 1. The van der Waals surface area contributed by atoms with E-state index in [4.69, 9.17) is 9.47 Å². The Morgan fingerprint density at radius 2 is 1.83 bits per heavy atom. The summed E-state index contributed by atoms with van der Waals surface area (Å²) >= 11 is 0. The van der Waals surface area contributed by atoms with Gasteiger partial charge in [-0.3, -0.25) is 4.79 Å². The van der Waals surface area contributed by atoms with Crippen LogP contribution >= 0.6 is 0 Å². The van der Waals surface area contributed by atoms with Crippen LogP contribution in [0.15, 0.2) is 18.2 Å². The number of carbonyl (C=O) groups is 1. The number of benzene rings is 1. The molecule has 7 heteroatoms. The highest BCUT2D eigenvalue weighted by Crippen LogP contribution is 2.36. The number of hydrogen-bond donors (Lipinski definition) is 0. The molecule has 0 atom stereocenters. The van der Waals surface area contributed by atoms with Crippen LogP contribution in [0.25, 0.3) is 0 Å². The van der Waals surface area contributed by atoms with Crippen molar-refractivity contribution >= 4 is 21.6 Å². The summed E-state index contributed by atoms with van der Waals surface area (Å²) in [5.41, 5.74) is 0.307. The molecular formula is C11H11NO5S. The Kier molecular flexibility index (Phi) is 2.44. The molecule has 18 heavy (non-hydrogen) atoms. The molecule has 1 aromatic rings. The highest BCUT2D eigenvalue weighted by atomic mass is 32.2. The molecular weight excluding hydrogens is 258 g/mol. The van der Waals surface area contributed by atoms with Gasteiger partial charge in [-0.25, -0.2) is 12.7 Å². The SMILES string of the molecule is O=C1CCS(=O)(=O)N1c1ccc2c(c1)OCCO2. The molecule has 2 aliphatic rings. The smallest absolute Gasteiger partial charge is 0.242 e. The van der Waals surface area contributed by atoms with Gasteiger partial charge in [-0.15, -0.1) is 0 Å². The number of sulfonamides is 1. The molecule has 1 saturated heterocycles. The lowest BCUT2D eigenvalue weighted by Gasteiger charge is -2.21. The lowest BCUT2D eigenvalue weighted by molar-refractivity contribution is -0.116. The minimum absolute atomic E-state index is 0.0246. The number of amides is 1. The van der Waals surface area contributed by atoms with E-state index < -0.39 is 15.9 Å². The minimum Gasteiger partial charge on any atom is -0.486 e. The van der Waals surface area contributed by atoms with E-state index in [-0.39, 0.29) is 12.2 Å². The maximum atomic E-state index is 11.8. The monoisotopic (exact) mass is 269 g/mol. The van der Waals surface area contributed by atoms with Crippen molar-refractivity contribution in [3.8, 4) is 11.5 Å². The molecule has 0 spiro atoms. The van der Waals surface area contributed by atoms with Crippen molar-refractivity contribution in [2.75, 3.05) is 23.3 Å². The topological polar surface area (TPSA) is 72.9 Å². The first-order valence-corrected chi connectivity index (χ1v) is 7.14. The summed E-state index contributed by atoms with van der Waals surface area (Å²) in [6.45, 7) is 0.879. The Bertz CT molecular complexity index is 610. The van der Waals surface area contributed by atoms with Crippen molar-refractivity contribution in [2.45, 2.75) is 6.42 Å². The standard InChI is InChI=1S/C11H11NO5S/c13-11-3-6-18(14,15)12(11)8-1-2-9-10(7-8)17-5-4-16-9/h1-2,7H,3-6H2. The fourth-order valence-electron chi connectivity index (χ4n) is 2.03. The van der Waals surface area contributed by atoms with Crippen LogP contribution in [0.4, 0.5) is 5.69 Å². The van der Waals surface area contributed by atoms with Gasteiger partial charge < -0.3 is 9.47 Å². The Morgan fingerprint density at radius 3 is 2.50 bits per heavy atom. The van der Waals surface area contributed by atoms with Gasteiger partial charge in [0.25, 0.3) is 0 Å². The van der Waals surface area contributed by atoms with E-state index in [1.807, 2.05) is 0 Å². The summed E-state index contributed by atoms with van der Waals surface area (Å²) in [6, 6.07) is 4.69. The molecule has 1 aromatic carbocycles. The zero-order valence-corrected chi connectivity index (χ0v) is 10.3. The Hall–Kier alpha value is -1.76. The zero-order chi connectivity index (χ0) is 12.8. The predicted molar refractivity (Wildman–Crippen MR) is 63.3 cm³/mol. The first-order valence-electron chi connectivity index (χ1n) is 5.53. The van der Waals surface area contributed by atoms with Crippen LogP contribution in [0.3, 0.4) is 0 Å². The Morgan fingerprint density at radius 1 is 1.11 bits per heavy atom. The zero-order valence-electron chi connectivity index (χ0n) is 9.46. The lowest BCUT2D eigenvalue weighted by atomic mass is 10.2. The molecule has 2 aliphatic heterocycles. The van der Waals surface area contributed by atoms with Crippen LogP contribution in [-0.4, -0.2) is 33.3 Å². The van der Waals surface area contributed by atoms with Crippen molar-refractivity contribution in [1.82, 2.24) is 0 Å². The number of ether oxygens (including phenoxy) is 2. The van der Waals surface area contributed by atoms with E-state index in [0.29, 0.717) is 30.4 Å². The summed E-state index contributed by atoms with van der Waals surface area (Å²) in [5, 5.41) is 0. The average Bonchev–Trinajstić information content (AvgIpc) is 2.63. The molecule has 1 amide bonds. The predicted octanol–water partition coefficient (Wildman–Crippen LogP) is 0.524. The minimum atomic E-state index is -3.53. The molecule has 1 fully saturated rings. The van der Waals surface area contributed by atoms with E-state index in [2.05, 4.69) is 0 Å². The molecule has 0 N–H and O–H groups in total. The summed E-state index contributed by atoms with van der Waals surface area (Å²) in [5.74, 6) is 0.481. The summed E-state index contributed by atoms with van der Waals surface area (Å²) < 4.78 is 35.1. The maximum absolute atomic E-state index is 11.8. The first-order chi connectivity index (χ1) is 8.58. The highest BCUT2D eigenvalue weighted by molar-refractivity contribution is 7.94. The van der Waals surface area contributed by atoms with Crippen LogP contribution < -0.4 is 13.8 Å². The molecule has 2 heterocycles. The summed E-state index contributed by atoms with van der Waals surface area (Å²) in [7, 11) is -3.53. The Labute approximate surface area is 104 Å². The number of anilines is 1. The normalized spacial score (nSPS) is 21.1. The van der Waals surface area contributed by atoms with Crippen molar-refractivity contribution in [2.24, 2.45) is 0 Å². The Balaban J connectivity index is 2.05. The van der Waals surface area contributed by atoms with Crippen LogP contribution in [0.5, 0.6) is 11.5 Å². The second-order valence-electron chi connectivity index (χ2n) is 4.05. The summed E-state index contributed by atoms with van der Waals surface area (Å²) in [4.78, 5) is 11.6. The number of nitrogens with zero attached hydrogens (tertiary/aromatic N) is 1. The molecule has 6 nitrogen and oxygen atoms in total. The molecule has 3 rings (SSSR count). The number of hydrogen-bond acceptors (Lipinski definition) is 5. The van der Waals surface area contributed by atoms with Crippen molar-refractivity contribution in [3.05, 3.63) is 18.2 Å². The molecule has 0 unspecified atom stereocenters. The molecule has 0 aromatic heterocycles. The van der Waals surface area contributed by atoms with E-state index in [1.165, 1.54) is 6.07 Å². The van der Waals surface area contributed by atoms with Crippen molar-refractivity contribution in [3.63, 3.8) is 0 Å². The third kappa shape index (κ3) is 1.71. The van der Waals surface area contributed by atoms with Gasteiger partial charge in [0, 0.05) is 12.5 Å². The van der Waals surface area contributed by atoms with Gasteiger partial charge in [0.15, 0.2) is 11.5 Å². The molecule has 96 valence electrons. The fraction of sp³-hybridized carbons (Fsp3) is 0.364.